The van der Waals surface area contributed by atoms with Gasteiger partial charge in [-0.15, -0.1) is 11.3 Å². The number of rotatable bonds is 5. The van der Waals surface area contributed by atoms with Crippen molar-refractivity contribution in [2.75, 3.05) is 18.5 Å². The summed E-state index contributed by atoms with van der Waals surface area (Å²) in [6.07, 6.45) is 9.93. The Morgan fingerprint density at radius 2 is 2.14 bits per heavy atom. The lowest BCUT2D eigenvalue weighted by molar-refractivity contribution is 0.102. The predicted molar refractivity (Wildman–Crippen MR) is 85.9 cm³/mol. The quantitative estimate of drug-likeness (QED) is 0.891. The molecule has 112 valence electrons. The molecule has 0 amide bonds. The fourth-order valence-corrected chi connectivity index (χ4v) is 4.99. The number of hydrogen-bond donors (Lipinski definition) is 2. The van der Waals surface area contributed by atoms with Crippen LogP contribution < -0.4 is 5.32 Å². The van der Waals surface area contributed by atoms with Crippen LogP contribution in [0.5, 0.6) is 0 Å². The fourth-order valence-electron chi connectivity index (χ4n) is 3.76. The average molecular weight is 303 g/mol. The highest BCUT2D eigenvalue weighted by Gasteiger charge is 2.36. The van der Waals surface area contributed by atoms with Gasteiger partial charge in [0.15, 0.2) is 0 Å². The number of aliphatic hydroxyl groups excluding tert-OH is 1. The normalized spacial score (nSPS) is 19.5. The molecule has 2 aliphatic rings. The molecule has 1 saturated carbocycles. The van der Waals surface area contributed by atoms with Crippen molar-refractivity contribution in [3.63, 3.8) is 0 Å². The Balaban J connectivity index is 1.62. The smallest absolute Gasteiger partial charge is 0.138 e. The molecular formula is C16H21N3OS. The van der Waals surface area contributed by atoms with E-state index in [2.05, 4.69) is 15.3 Å². The third-order valence-corrected chi connectivity index (χ3v) is 6.39. The lowest BCUT2D eigenvalue weighted by Crippen LogP contribution is -2.37. The summed E-state index contributed by atoms with van der Waals surface area (Å²) < 4.78 is 0. The van der Waals surface area contributed by atoms with Crippen LogP contribution in [0, 0.1) is 5.41 Å². The molecule has 2 aromatic heterocycles. The van der Waals surface area contributed by atoms with Crippen LogP contribution in [0.15, 0.2) is 6.33 Å². The molecule has 2 heterocycles. The number of nitrogens with zero attached hydrogens (tertiary/aromatic N) is 2. The van der Waals surface area contributed by atoms with Gasteiger partial charge in [-0.2, -0.15) is 0 Å². The summed E-state index contributed by atoms with van der Waals surface area (Å²) in [5.41, 5.74) is 1.76. The highest BCUT2D eigenvalue weighted by molar-refractivity contribution is 7.19. The minimum Gasteiger partial charge on any atom is -0.396 e. The summed E-state index contributed by atoms with van der Waals surface area (Å²) in [7, 11) is 0. The Labute approximate surface area is 128 Å². The van der Waals surface area contributed by atoms with Gasteiger partial charge in [0.1, 0.15) is 17.0 Å². The monoisotopic (exact) mass is 303 g/mol. The van der Waals surface area contributed by atoms with E-state index in [1.807, 2.05) is 11.3 Å². The zero-order chi connectivity index (χ0) is 14.3. The van der Waals surface area contributed by atoms with Gasteiger partial charge < -0.3 is 10.4 Å². The predicted octanol–water partition coefficient (Wildman–Crippen LogP) is 3.14. The summed E-state index contributed by atoms with van der Waals surface area (Å²) in [4.78, 5) is 11.6. The maximum atomic E-state index is 9.28. The summed E-state index contributed by atoms with van der Waals surface area (Å²) in [6.45, 7) is 1.21. The minimum absolute atomic E-state index is 0.283. The third-order valence-electron chi connectivity index (χ3n) is 5.19. The zero-order valence-electron chi connectivity index (χ0n) is 12.2. The summed E-state index contributed by atoms with van der Waals surface area (Å²) >= 11 is 1.83. The van der Waals surface area contributed by atoms with Crippen molar-refractivity contribution in [1.82, 2.24) is 9.97 Å². The van der Waals surface area contributed by atoms with E-state index in [1.54, 1.807) is 6.33 Å². The topological polar surface area (TPSA) is 58.0 Å². The van der Waals surface area contributed by atoms with Gasteiger partial charge in [-0.05, 0) is 49.5 Å². The number of fused-ring (bicyclic) bond motifs is 3. The molecule has 4 rings (SSSR count). The van der Waals surface area contributed by atoms with Crippen molar-refractivity contribution < 1.29 is 5.11 Å². The highest BCUT2D eigenvalue weighted by Crippen LogP contribution is 2.44. The van der Waals surface area contributed by atoms with Gasteiger partial charge in [0.2, 0.25) is 0 Å². The fraction of sp³-hybridized carbons (Fsp3) is 0.625. The van der Waals surface area contributed by atoms with Crippen molar-refractivity contribution >= 4 is 27.4 Å². The minimum atomic E-state index is 0.283. The molecule has 0 bridgehead atoms. The number of nitrogens with one attached hydrogen (secondary N) is 1. The first kappa shape index (κ1) is 13.5. The van der Waals surface area contributed by atoms with E-state index < -0.39 is 0 Å². The molecule has 0 unspecified atom stereocenters. The SMILES string of the molecule is OCCC1(CNc2ncnc3sc4c(c23)CCC4)CCC1. The van der Waals surface area contributed by atoms with Crippen LogP contribution in [-0.4, -0.2) is 28.2 Å². The number of aryl methyl sites for hydroxylation is 2. The Morgan fingerprint density at radius 3 is 2.90 bits per heavy atom. The van der Waals surface area contributed by atoms with E-state index in [-0.39, 0.29) is 12.0 Å². The molecule has 2 aliphatic carbocycles. The molecule has 0 aromatic carbocycles. The summed E-state index contributed by atoms with van der Waals surface area (Å²) in [5.74, 6) is 1.00. The van der Waals surface area contributed by atoms with E-state index >= 15 is 0 Å². The molecule has 4 nitrogen and oxygen atoms in total. The Kier molecular flexibility index (Phi) is 3.34. The van der Waals surface area contributed by atoms with E-state index in [0.717, 1.165) is 23.6 Å². The standard InChI is InChI=1S/C16H21N3OS/c20-8-7-16(5-2-6-16)9-17-14-13-11-3-1-4-12(11)21-15(13)19-10-18-14/h10,20H,1-9H2,(H,17,18,19). The maximum Gasteiger partial charge on any atom is 0.138 e. The Hall–Kier alpha value is -1.20. The van der Waals surface area contributed by atoms with Gasteiger partial charge in [-0.25, -0.2) is 9.97 Å². The molecule has 21 heavy (non-hydrogen) atoms. The molecule has 0 atom stereocenters. The molecular weight excluding hydrogens is 282 g/mol. The van der Waals surface area contributed by atoms with Gasteiger partial charge in [0.05, 0.1) is 5.39 Å². The maximum absolute atomic E-state index is 9.28. The van der Waals surface area contributed by atoms with Gasteiger partial charge in [-0.1, -0.05) is 6.42 Å². The molecule has 5 heteroatoms. The van der Waals surface area contributed by atoms with Crippen LogP contribution in [0.1, 0.15) is 42.5 Å². The first-order valence-corrected chi connectivity index (χ1v) is 8.73. The first-order chi connectivity index (χ1) is 10.3. The van der Waals surface area contributed by atoms with Crippen LogP contribution in [0.25, 0.3) is 10.2 Å². The number of aliphatic hydroxyl groups is 1. The number of hydrogen-bond acceptors (Lipinski definition) is 5. The van der Waals surface area contributed by atoms with Crippen molar-refractivity contribution in [3.05, 3.63) is 16.8 Å². The molecule has 0 aliphatic heterocycles. The first-order valence-electron chi connectivity index (χ1n) is 7.91. The van der Waals surface area contributed by atoms with Crippen LogP contribution in [-0.2, 0) is 12.8 Å². The lowest BCUT2D eigenvalue weighted by atomic mass is 9.67. The van der Waals surface area contributed by atoms with Gasteiger partial charge in [0, 0.05) is 18.0 Å². The molecule has 2 aromatic rings. The van der Waals surface area contributed by atoms with Crippen LogP contribution in [0.3, 0.4) is 0 Å². The van der Waals surface area contributed by atoms with Crippen molar-refractivity contribution in [1.29, 1.82) is 0 Å². The second-order valence-electron chi connectivity index (χ2n) is 6.44. The van der Waals surface area contributed by atoms with Crippen molar-refractivity contribution in [2.24, 2.45) is 5.41 Å². The molecule has 2 N–H and O–H groups in total. The van der Waals surface area contributed by atoms with Gasteiger partial charge in [-0.3, -0.25) is 0 Å². The largest absolute Gasteiger partial charge is 0.396 e. The summed E-state index contributed by atoms with van der Waals surface area (Å²) in [6, 6.07) is 0. The van der Waals surface area contributed by atoms with Crippen LogP contribution in [0.4, 0.5) is 5.82 Å². The lowest BCUT2D eigenvalue weighted by Gasteiger charge is -2.42. The second kappa shape index (κ2) is 5.21. The highest BCUT2D eigenvalue weighted by atomic mass is 32.1. The van der Waals surface area contributed by atoms with Gasteiger partial charge in [0.25, 0.3) is 0 Å². The summed E-state index contributed by atoms with van der Waals surface area (Å²) in [5, 5.41) is 14.1. The molecule has 0 radical (unpaired) electrons. The van der Waals surface area contributed by atoms with E-state index in [1.165, 1.54) is 54.4 Å². The third kappa shape index (κ3) is 2.23. The molecule has 1 fully saturated rings. The zero-order valence-corrected chi connectivity index (χ0v) is 13.0. The van der Waals surface area contributed by atoms with Crippen molar-refractivity contribution in [3.8, 4) is 0 Å². The number of aromatic nitrogens is 2. The molecule has 0 saturated heterocycles. The van der Waals surface area contributed by atoms with Crippen LogP contribution >= 0.6 is 11.3 Å². The Morgan fingerprint density at radius 1 is 1.24 bits per heavy atom. The molecule has 0 spiro atoms. The number of anilines is 1. The van der Waals surface area contributed by atoms with E-state index in [9.17, 15) is 5.11 Å². The van der Waals surface area contributed by atoms with E-state index in [4.69, 9.17) is 0 Å². The second-order valence-corrected chi connectivity index (χ2v) is 7.52. The Bertz CT molecular complexity index is 663. The van der Waals surface area contributed by atoms with Gasteiger partial charge >= 0.3 is 0 Å². The average Bonchev–Trinajstić information content (AvgIpc) is 3.01. The number of thiophene rings is 1. The van der Waals surface area contributed by atoms with Crippen molar-refractivity contribution in [2.45, 2.75) is 44.9 Å². The van der Waals surface area contributed by atoms with E-state index in [0.29, 0.717) is 0 Å². The van der Waals surface area contributed by atoms with Crippen LogP contribution in [0.2, 0.25) is 0 Å².